The number of hydrogen-bond donors (Lipinski definition) is 1. The number of rotatable bonds is 12. The number of carbonyl (C=O) groups excluding carboxylic acids is 7. The zero-order chi connectivity index (χ0) is 53.2. The van der Waals surface area contributed by atoms with Crippen LogP contribution in [0.5, 0.6) is 0 Å². The van der Waals surface area contributed by atoms with Gasteiger partial charge in [0, 0.05) is 67.0 Å². The second-order valence-electron chi connectivity index (χ2n) is 25.3. The quantitative estimate of drug-likeness (QED) is 0.111. The predicted molar refractivity (Wildman–Crippen MR) is 279 cm³/mol. The lowest BCUT2D eigenvalue weighted by atomic mass is 9.41. The lowest BCUT2D eigenvalue weighted by Gasteiger charge is -2.65. The number of aliphatic hydroxyl groups is 1. The van der Waals surface area contributed by atoms with Gasteiger partial charge in [0.2, 0.25) is 0 Å². The van der Waals surface area contributed by atoms with Crippen molar-refractivity contribution in [3.05, 3.63) is 0 Å². The standard InChI is InChI=1S/C29H45BrO6.C29H43BrO6/c2*1-7-18-21-14-17(36-16(3)31)12-13-28(21,4)24-23(25(18)33)20-10-9-19(15(2)8-11-22(32)35-6)29(20,5)27(30)26(24)34/h15,17-21,23-24,26-27,34H,7-14H2,1-6H3;15,17-21,23-24,27H,7-14H2,1-6H3/t15-,17-,18-,19-,20?,21+,23?,24?,26?,27?,28+,29-;15-,17-,18-,19-,20?,21+,23?,24?,27?,28+,29-/m11/s1. The Bertz CT molecular complexity index is 2080. The van der Waals surface area contributed by atoms with Crippen LogP contribution < -0.4 is 0 Å². The van der Waals surface area contributed by atoms with Gasteiger partial charge in [0.05, 0.1) is 25.2 Å². The second-order valence-corrected chi connectivity index (χ2v) is 27.2. The van der Waals surface area contributed by atoms with Crippen LogP contribution >= 0.6 is 31.9 Å². The van der Waals surface area contributed by atoms with Crippen LogP contribution in [-0.4, -0.2) is 88.5 Å². The van der Waals surface area contributed by atoms with Crippen molar-refractivity contribution < 1.29 is 57.6 Å². The van der Waals surface area contributed by atoms with E-state index in [-0.39, 0.29) is 150 Å². The average Bonchev–Trinajstić information content (AvgIpc) is 3.88. The van der Waals surface area contributed by atoms with Gasteiger partial charge in [0.25, 0.3) is 0 Å². The van der Waals surface area contributed by atoms with Gasteiger partial charge in [0.1, 0.15) is 23.8 Å². The van der Waals surface area contributed by atoms with Crippen molar-refractivity contribution in [2.24, 2.45) is 105 Å². The molecule has 0 saturated heterocycles. The third kappa shape index (κ3) is 9.57. The van der Waals surface area contributed by atoms with Crippen LogP contribution in [0.3, 0.4) is 0 Å². The van der Waals surface area contributed by atoms with Gasteiger partial charge < -0.3 is 24.1 Å². The number of fused-ring (bicyclic) bond motifs is 10. The summed E-state index contributed by atoms with van der Waals surface area (Å²) in [6, 6.07) is 0. The zero-order valence-electron chi connectivity index (χ0n) is 45.5. The first-order chi connectivity index (χ1) is 33.8. The highest BCUT2D eigenvalue weighted by molar-refractivity contribution is 9.10. The van der Waals surface area contributed by atoms with E-state index in [0.717, 1.165) is 77.0 Å². The highest BCUT2D eigenvalue weighted by atomic mass is 79.9. The first kappa shape index (κ1) is 57.5. The molecule has 8 aliphatic rings. The Kier molecular flexibility index (Phi) is 17.6. The highest BCUT2D eigenvalue weighted by Crippen LogP contribution is 2.71. The maximum absolute atomic E-state index is 14.3. The van der Waals surface area contributed by atoms with E-state index in [1.807, 2.05) is 0 Å². The molecule has 0 heterocycles. The molecular weight excluding hydrogens is 1050 g/mol. The minimum absolute atomic E-state index is 0.0542. The summed E-state index contributed by atoms with van der Waals surface area (Å²) in [4.78, 5) is 89.4. The summed E-state index contributed by atoms with van der Waals surface area (Å²) in [5.74, 6) is 0.595. The number of carbonyl (C=O) groups is 7. The molecule has 72 heavy (non-hydrogen) atoms. The second kappa shape index (κ2) is 22.0. The van der Waals surface area contributed by atoms with E-state index in [0.29, 0.717) is 43.3 Å². The summed E-state index contributed by atoms with van der Waals surface area (Å²) < 4.78 is 20.9. The van der Waals surface area contributed by atoms with Crippen molar-refractivity contribution >= 4 is 73.1 Å². The van der Waals surface area contributed by atoms with Crippen molar-refractivity contribution in [3.63, 3.8) is 0 Å². The largest absolute Gasteiger partial charge is 0.469 e. The van der Waals surface area contributed by atoms with E-state index >= 15 is 0 Å². The maximum atomic E-state index is 14.3. The van der Waals surface area contributed by atoms with Gasteiger partial charge in [0.15, 0.2) is 5.78 Å². The monoisotopic (exact) mass is 1130 g/mol. The Morgan fingerprint density at radius 1 is 0.625 bits per heavy atom. The van der Waals surface area contributed by atoms with Gasteiger partial charge in [-0.25, -0.2) is 0 Å². The normalized spacial score (nSPS) is 45.8. The number of hydrogen-bond acceptors (Lipinski definition) is 12. The number of halogens is 2. The van der Waals surface area contributed by atoms with Crippen LogP contribution in [0.25, 0.3) is 0 Å². The minimum atomic E-state index is -0.621. The Hall–Kier alpha value is -2.19. The maximum Gasteiger partial charge on any atom is 0.305 e. The first-order valence-corrected chi connectivity index (χ1v) is 29.7. The smallest absolute Gasteiger partial charge is 0.305 e. The Labute approximate surface area is 447 Å². The third-order valence-electron chi connectivity index (χ3n) is 22.3. The fourth-order valence-corrected chi connectivity index (χ4v) is 20.9. The number of esters is 4. The summed E-state index contributed by atoms with van der Waals surface area (Å²) in [6.45, 7) is 20.5. The number of ketones is 3. The number of aliphatic hydroxyl groups excluding tert-OH is 1. The molecule has 406 valence electrons. The van der Waals surface area contributed by atoms with Gasteiger partial charge >= 0.3 is 23.9 Å². The van der Waals surface area contributed by atoms with E-state index < -0.39 is 6.10 Å². The number of ether oxygens (including phenoxy) is 4. The summed E-state index contributed by atoms with van der Waals surface area (Å²) in [5.41, 5.74) is -0.978. The topological polar surface area (TPSA) is 177 Å². The molecule has 0 aliphatic heterocycles. The molecule has 0 aromatic carbocycles. The van der Waals surface area contributed by atoms with E-state index in [2.05, 4.69) is 87.2 Å². The van der Waals surface area contributed by atoms with Crippen molar-refractivity contribution in [2.75, 3.05) is 14.2 Å². The molecule has 8 aliphatic carbocycles. The lowest BCUT2D eigenvalue weighted by molar-refractivity contribution is -0.197. The Morgan fingerprint density at radius 3 is 1.51 bits per heavy atom. The molecule has 0 aromatic heterocycles. The summed E-state index contributed by atoms with van der Waals surface area (Å²) in [6.07, 6.45) is 11.3. The van der Waals surface area contributed by atoms with Gasteiger partial charge in [-0.3, -0.25) is 33.6 Å². The number of Topliss-reactive ketones (excluding diaryl/α,β-unsaturated/α-hetero) is 3. The summed E-state index contributed by atoms with van der Waals surface area (Å²) in [7, 11) is 2.85. The highest BCUT2D eigenvalue weighted by Gasteiger charge is 2.72. The molecule has 0 spiro atoms. The first-order valence-electron chi connectivity index (χ1n) is 27.9. The Balaban J connectivity index is 0.000000211. The van der Waals surface area contributed by atoms with Crippen LogP contribution in [0.4, 0.5) is 0 Å². The van der Waals surface area contributed by atoms with Crippen LogP contribution in [-0.2, 0) is 52.5 Å². The predicted octanol–water partition coefficient (Wildman–Crippen LogP) is 10.9. The lowest BCUT2D eigenvalue weighted by Crippen LogP contribution is -2.68. The molecule has 8 rings (SSSR count). The molecule has 0 aromatic rings. The molecule has 14 heteroatoms. The molecule has 9 unspecified atom stereocenters. The molecule has 12 nitrogen and oxygen atoms in total. The zero-order valence-corrected chi connectivity index (χ0v) is 48.6. The van der Waals surface area contributed by atoms with Crippen molar-refractivity contribution in [3.8, 4) is 0 Å². The molecular formula is C58H88Br2O12. The molecule has 0 radical (unpaired) electrons. The van der Waals surface area contributed by atoms with E-state index in [4.69, 9.17) is 18.9 Å². The van der Waals surface area contributed by atoms with Gasteiger partial charge in [-0.15, -0.1) is 0 Å². The average molecular weight is 1140 g/mol. The summed E-state index contributed by atoms with van der Waals surface area (Å²) in [5, 5.41) is 12.0. The van der Waals surface area contributed by atoms with Crippen molar-refractivity contribution in [1.82, 2.24) is 0 Å². The molecule has 23 atom stereocenters. The van der Waals surface area contributed by atoms with E-state index in [1.54, 1.807) is 0 Å². The van der Waals surface area contributed by atoms with Crippen LogP contribution in [0.2, 0.25) is 0 Å². The van der Waals surface area contributed by atoms with E-state index in [1.165, 1.54) is 28.1 Å². The molecule has 0 amide bonds. The van der Waals surface area contributed by atoms with Gasteiger partial charge in [-0.2, -0.15) is 0 Å². The summed E-state index contributed by atoms with van der Waals surface area (Å²) >= 11 is 7.89. The third-order valence-corrected chi connectivity index (χ3v) is 25.3. The molecule has 8 saturated carbocycles. The SMILES string of the molecule is CC[C@H]1C(=O)C2C3CC[C@H]([C@H](C)CCC(=O)OC)[C@@]3(C)C(Br)C(=O)C2[C@@]2(C)CC[C@@H](OC(C)=O)C[C@@H]12.CC[C@H]1C(=O)C2C3CC[C@H]([C@H](C)CCC(=O)OC)[C@@]3(C)C(Br)C(O)C2[C@@]2(C)CC[C@@H](OC(C)=O)C[C@@H]12. The fourth-order valence-electron chi connectivity index (χ4n) is 18.9. The van der Waals surface area contributed by atoms with Crippen LogP contribution in [0, 0.1) is 105 Å². The number of alkyl halides is 2. The van der Waals surface area contributed by atoms with Crippen LogP contribution in [0.15, 0.2) is 0 Å². The van der Waals surface area contributed by atoms with Gasteiger partial charge in [-0.05, 0) is 159 Å². The molecule has 8 fully saturated rings. The van der Waals surface area contributed by atoms with Gasteiger partial charge in [-0.1, -0.05) is 87.2 Å². The van der Waals surface area contributed by atoms with E-state index in [9.17, 15) is 38.7 Å². The van der Waals surface area contributed by atoms with Crippen molar-refractivity contribution in [1.29, 1.82) is 0 Å². The molecule has 0 bridgehead atoms. The Morgan fingerprint density at radius 2 is 1.06 bits per heavy atom. The number of methoxy groups -OCH3 is 2. The molecule has 1 N–H and O–H groups in total. The fraction of sp³-hybridized carbons (Fsp3) is 0.879. The van der Waals surface area contributed by atoms with Crippen LogP contribution in [0.1, 0.15) is 172 Å². The van der Waals surface area contributed by atoms with Crippen molar-refractivity contribution in [2.45, 2.75) is 200 Å². The minimum Gasteiger partial charge on any atom is -0.469 e.